The molecule has 7 nitrogen and oxygen atoms in total. The maximum atomic E-state index is 13.4. The molecular weight excluding hydrogens is 378 g/mol. The van der Waals surface area contributed by atoms with Gasteiger partial charge in [-0.25, -0.2) is 17.2 Å². The smallest absolute Gasteiger partial charge is 0.243 e. The van der Waals surface area contributed by atoms with E-state index in [0.29, 0.717) is 24.9 Å². The molecule has 27 heavy (non-hydrogen) atoms. The van der Waals surface area contributed by atoms with E-state index in [4.69, 9.17) is 4.52 Å². The Morgan fingerprint density at radius 2 is 1.85 bits per heavy atom. The minimum atomic E-state index is -3.87. The van der Waals surface area contributed by atoms with Crippen molar-refractivity contribution in [2.75, 3.05) is 26.2 Å². The fourth-order valence-corrected chi connectivity index (χ4v) is 4.63. The number of halogens is 2. The van der Waals surface area contributed by atoms with Crippen LogP contribution in [0.25, 0.3) is 0 Å². The first-order valence-corrected chi connectivity index (χ1v) is 10.3. The standard InChI is InChI=1S/C17H20F2N4O3S/c1-11(17-20-16(21-26-17)12-2-3-12)22-6-8-23(9-7-22)27(24,25)13-4-5-14(18)15(19)10-13/h4-5,10-12H,2-3,6-9H2,1H3. The summed E-state index contributed by atoms with van der Waals surface area (Å²) >= 11 is 0. The summed E-state index contributed by atoms with van der Waals surface area (Å²) in [6.07, 6.45) is 2.18. The molecule has 10 heteroatoms. The first-order valence-electron chi connectivity index (χ1n) is 8.89. The molecule has 2 fully saturated rings. The Labute approximate surface area is 156 Å². The van der Waals surface area contributed by atoms with Crippen LogP contribution in [-0.2, 0) is 10.0 Å². The third-order valence-corrected chi connectivity index (χ3v) is 7.00. The summed E-state index contributed by atoms with van der Waals surface area (Å²) in [6, 6.07) is 2.52. The molecule has 0 amide bonds. The van der Waals surface area contributed by atoms with E-state index in [0.717, 1.165) is 36.9 Å². The van der Waals surface area contributed by atoms with Gasteiger partial charge in [-0.3, -0.25) is 4.90 Å². The first-order chi connectivity index (χ1) is 12.9. The van der Waals surface area contributed by atoms with Crippen molar-refractivity contribution in [3.8, 4) is 0 Å². The van der Waals surface area contributed by atoms with Crippen molar-refractivity contribution in [3.05, 3.63) is 41.5 Å². The van der Waals surface area contributed by atoms with E-state index in [1.165, 1.54) is 4.31 Å². The maximum Gasteiger partial charge on any atom is 0.243 e. The van der Waals surface area contributed by atoms with E-state index in [9.17, 15) is 17.2 Å². The topological polar surface area (TPSA) is 79.5 Å². The lowest BCUT2D eigenvalue weighted by Gasteiger charge is -2.36. The fraction of sp³-hybridized carbons (Fsp3) is 0.529. The number of hydrogen-bond donors (Lipinski definition) is 0. The van der Waals surface area contributed by atoms with Crippen molar-refractivity contribution in [3.63, 3.8) is 0 Å². The van der Waals surface area contributed by atoms with E-state index in [1.54, 1.807) is 0 Å². The van der Waals surface area contributed by atoms with Crippen LogP contribution in [0.1, 0.15) is 43.4 Å². The van der Waals surface area contributed by atoms with Gasteiger partial charge in [-0.2, -0.15) is 9.29 Å². The highest BCUT2D eigenvalue weighted by atomic mass is 32.2. The van der Waals surface area contributed by atoms with Gasteiger partial charge in [-0.15, -0.1) is 0 Å². The molecule has 1 aliphatic carbocycles. The Bertz CT molecular complexity index is 937. The molecule has 2 heterocycles. The molecule has 0 radical (unpaired) electrons. The van der Waals surface area contributed by atoms with Gasteiger partial charge in [-0.1, -0.05) is 5.16 Å². The number of sulfonamides is 1. The van der Waals surface area contributed by atoms with Crippen LogP contribution in [0.2, 0.25) is 0 Å². The predicted octanol–water partition coefficient (Wildman–Crippen LogP) is 2.29. The number of aromatic nitrogens is 2. The molecule has 0 N–H and O–H groups in total. The van der Waals surface area contributed by atoms with Gasteiger partial charge in [0, 0.05) is 32.1 Å². The van der Waals surface area contributed by atoms with E-state index in [2.05, 4.69) is 15.0 Å². The molecular formula is C17H20F2N4O3S. The SMILES string of the molecule is CC(c1nc(C2CC2)no1)N1CCN(S(=O)(=O)c2ccc(F)c(F)c2)CC1. The highest BCUT2D eigenvalue weighted by Gasteiger charge is 2.34. The summed E-state index contributed by atoms with van der Waals surface area (Å²) in [5.74, 6) is -0.554. The van der Waals surface area contributed by atoms with Crippen molar-refractivity contribution >= 4 is 10.0 Å². The van der Waals surface area contributed by atoms with Gasteiger partial charge >= 0.3 is 0 Å². The monoisotopic (exact) mass is 398 g/mol. The van der Waals surface area contributed by atoms with Crippen molar-refractivity contribution in [2.24, 2.45) is 0 Å². The molecule has 2 aliphatic rings. The summed E-state index contributed by atoms with van der Waals surface area (Å²) in [5.41, 5.74) is 0. The Morgan fingerprint density at radius 1 is 1.15 bits per heavy atom. The molecule has 1 aromatic heterocycles. The quantitative estimate of drug-likeness (QED) is 0.769. The molecule has 1 atom stereocenters. The fourth-order valence-electron chi connectivity index (χ4n) is 3.20. The molecule has 1 unspecified atom stereocenters. The van der Waals surface area contributed by atoms with Crippen LogP contribution in [0.5, 0.6) is 0 Å². The second-order valence-electron chi connectivity index (χ2n) is 6.96. The van der Waals surface area contributed by atoms with E-state index < -0.39 is 21.7 Å². The zero-order chi connectivity index (χ0) is 19.2. The molecule has 0 bridgehead atoms. The number of benzene rings is 1. The molecule has 1 saturated carbocycles. The highest BCUT2D eigenvalue weighted by Crippen LogP contribution is 2.38. The minimum Gasteiger partial charge on any atom is -0.338 e. The molecule has 146 valence electrons. The Hall–Kier alpha value is -1.91. The van der Waals surface area contributed by atoms with Crippen LogP contribution < -0.4 is 0 Å². The van der Waals surface area contributed by atoms with Crippen LogP contribution in [0.4, 0.5) is 8.78 Å². The van der Waals surface area contributed by atoms with E-state index in [1.807, 2.05) is 6.92 Å². The molecule has 1 saturated heterocycles. The lowest BCUT2D eigenvalue weighted by atomic mass is 10.2. The molecule has 4 rings (SSSR count). The van der Waals surface area contributed by atoms with Gasteiger partial charge in [-0.05, 0) is 38.0 Å². The molecule has 2 aromatic rings. The number of piperazine rings is 1. The molecule has 1 aromatic carbocycles. The minimum absolute atomic E-state index is 0.113. The zero-order valence-corrected chi connectivity index (χ0v) is 15.6. The summed E-state index contributed by atoms with van der Waals surface area (Å²) < 4.78 is 58.4. The van der Waals surface area contributed by atoms with Crippen molar-refractivity contribution in [1.82, 2.24) is 19.3 Å². The van der Waals surface area contributed by atoms with Crippen LogP contribution in [0.3, 0.4) is 0 Å². The predicted molar refractivity (Wildman–Crippen MR) is 91.4 cm³/mol. The normalized spacial score (nSPS) is 20.7. The van der Waals surface area contributed by atoms with Crippen LogP contribution >= 0.6 is 0 Å². The lowest BCUT2D eigenvalue weighted by Crippen LogP contribution is -2.49. The van der Waals surface area contributed by atoms with Crippen molar-refractivity contribution < 1.29 is 21.7 Å². The van der Waals surface area contributed by atoms with E-state index >= 15 is 0 Å². The second-order valence-corrected chi connectivity index (χ2v) is 8.89. The molecule has 0 spiro atoms. The van der Waals surface area contributed by atoms with Crippen molar-refractivity contribution in [1.29, 1.82) is 0 Å². The van der Waals surface area contributed by atoms with Gasteiger partial charge in [0.05, 0.1) is 10.9 Å². The number of nitrogens with zero attached hydrogens (tertiary/aromatic N) is 4. The van der Waals surface area contributed by atoms with Gasteiger partial charge < -0.3 is 4.52 Å². The summed E-state index contributed by atoms with van der Waals surface area (Å²) in [6.45, 7) is 3.39. The van der Waals surface area contributed by atoms with Gasteiger partial charge in [0.1, 0.15) is 0 Å². The Balaban J connectivity index is 1.42. The summed E-state index contributed by atoms with van der Waals surface area (Å²) in [7, 11) is -3.87. The zero-order valence-electron chi connectivity index (χ0n) is 14.8. The molecule has 1 aliphatic heterocycles. The third kappa shape index (κ3) is 3.61. The van der Waals surface area contributed by atoms with Crippen LogP contribution in [-0.4, -0.2) is 53.9 Å². The lowest BCUT2D eigenvalue weighted by molar-refractivity contribution is 0.124. The number of rotatable bonds is 5. The highest BCUT2D eigenvalue weighted by molar-refractivity contribution is 7.89. The van der Waals surface area contributed by atoms with Crippen molar-refractivity contribution in [2.45, 2.75) is 36.6 Å². The third-order valence-electron chi connectivity index (χ3n) is 5.11. The van der Waals surface area contributed by atoms with E-state index in [-0.39, 0.29) is 24.0 Å². The van der Waals surface area contributed by atoms with Gasteiger partial charge in [0.2, 0.25) is 15.9 Å². The summed E-state index contributed by atoms with van der Waals surface area (Å²) in [5, 5.41) is 4.02. The first kappa shape index (κ1) is 18.5. The Kier molecular flexibility index (Phi) is 4.73. The van der Waals surface area contributed by atoms with Gasteiger partial charge in [0.15, 0.2) is 17.5 Å². The average Bonchev–Trinajstić information content (AvgIpc) is 3.40. The second kappa shape index (κ2) is 6.92. The van der Waals surface area contributed by atoms with Gasteiger partial charge in [0.25, 0.3) is 0 Å². The largest absolute Gasteiger partial charge is 0.338 e. The Morgan fingerprint density at radius 3 is 2.48 bits per heavy atom. The van der Waals surface area contributed by atoms with Crippen LogP contribution in [0, 0.1) is 11.6 Å². The number of hydrogen-bond acceptors (Lipinski definition) is 6. The van der Waals surface area contributed by atoms with Crippen LogP contribution in [0.15, 0.2) is 27.6 Å². The summed E-state index contributed by atoms with van der Waals surface area (Å²) in [4.78, 5) is 6.28. The average molecular weight is 398 g/mol. The maximum absolute atomic E-state index is 13.4.